The Morgan fingerprint density at radius 2 is 2.21 bits per heavy atom. The maximum Gasteiger partial charge on any atom is 0.253 e. The Balaban J connectivity index is 2.45. The number of aromatic nitrogens is 2. The number of hydrogen-bond donors (Lipinski definition) is 1. The Morgan fingerprint density at radius 3 is 2.71 bits per heavy atom. The van der Waals surface area contributed by atoms with Crippen molar-refractivity contribution in [2.24, 2.45) is 5.73 Å². The highest BCUT2D eigenvalue weighted by Crippen LogP contribution is 2.41. The van der Waals surface area contributed by atoms with E-state index in [-0.39, 0.29) is 18.3 Å². The van der Waals surface area contributed by atoms with Gasteiger partial charge in [0.05, 0.1) is 19.3 Å². The Hall–Kier alpha value is -1.23. The highest BCUT2D eigenvalue weighted by atomic mass is 19.1. The molecule has 0 bridgehead atoms. The Kier molecular flexibility index (Phi) is 2.33. The predicted molar refractivity (Wildman–Crippen MR) is 48.4 cm³/mol. The van der Waals surface area contributed by atoms with Crippen molar-refractivity contribution in [1.82, 2.24) is 9.97 Å². The molecule has 2 N–H and O–H groups in total. The smallest absolute Gasteiger partial charge is 0.253 e. The van der Waals surface area contributed by atoms with Crippen LogP contribution in [0.5, 0.6) is 5.88 Å². The molecule has 0 radical (unpaired) electrons. The summed E-state index contributed by atoms with van der Waals surface area (Å²) >= 11 is 0. The van der Waals surface area contributed by atoms with Crippen LogP contribution in [0.25, 0.3) is 0 Å². The molecular weight excluding hydrogens is 185 g/mol. The zero-order valence-corrected chi connectivity index (χ0v) is 7.96. The van der Waals surface area contributed by atoms with E-state index >= 15 is 0 Å². The summed E-state index contributed by atoms with van der Waals surface area (Å²) < 4.78 is 18.4. The molecule has 2 rings (SSSR count). The van der Waals surface area contributed by atoms with E-state index in [1.54, 1.807) is 0 Å². The molecule has 5 heteroatoms. The van der Waals surface area contributed by atoms with E-state index in [4.69, 9.17) is 10.5 Å². The van der Waals surface area contributed by atoms with Gasteiger partial charge in [0, 0.05) is 5.92 Å². The van der Waals surface area contributed by atoms with Crippen molar-refractivity contribution in [1.29, 1.82) is 0 Å². The fourth-order valence-corrected chi connectivity index (χ4v) is 1.34. The van der Waals surface area contributed by atoms with E-state index in [2.05, 4.69) is 9.97 Å². The maximum atomic E-state index is 13.6. The second-order valence-corrected chi connectivity index (χ2v) is 3.33. The van der Waals surface area contributed by atoms with Gasteiger partial charge in [-0.05, 0) is 12.8 Å². The average molecular weight is 197 g/mol. The molecule has 0 aromatic carbocycles. The molecule has 4 nitrogen and oxygen atoms in total. The van der Waals surface area contributed by atoms with Crippen LogP contribution in [0.3, 0.4) is 0 Å². The fourth-order valence-electron chi connectivity index (χ4n) is 1.34. The zero-order valence-electron chi connectivity index (χ0n) is 7.96. The largest absolute Gasteiger partial charge is 0.479 e. The van der Waals surface area contributed by atoms with Crippen LogP contribution in [0.2, 0.25) is 0 Å². The van der Waals surface area contributed by atoms with Crippen molar-refractivity contribution >= 4 is 0 Å². The van der Waals surface area contributed by atoms with Crippen LogP contribution in [-0.2, 0) is 6.54 Å². The SMILES string of the molecule is COc1nc(CN)nc(C2CC2)c1F. The van der Waals surface area contributed by atoms with Gasteiger partial charge in [-0.3, -0.25) is 0 Å². The molecule has 14 heavy (non-hydrogen) atoms. The van der Waals surface area contributed by atoms with Crippen LogP contribution in [0, 0.1) is 5.82 Å². The molecule has 1 aliphatic rings. The van der Waals surface area contributed by atoms with Crippen molar-refractivity contribution in [2.75, 3.05) is 7.11 Å². The van der Waals surface area contributed by atoms with Gasteiger partial charge in [0.1, 0.15) is 5.82 Å². The minimum Gasteiger partial charge on any atom is -0.479 e. The summed E-state index contributed by atoms with van der Waals surface area (Å²) in [6, 6.07) is 0. The maximum absolute atomic E-state index is 13.6. The van der Waals surface area contributed by atoms with Gasteiger partial charge < -0.3 is 10.5 Å². The van der Waals surface area contributed by atoms with Crippen LogP contribution >= 0.6 is 0 Å². The lowest BCUT2D eigenvalue weighted by atomic mass is 10.2. The summed E-state index contributed by atoms with van der Waals surface area (Å²) in [6.45, 7) is 0.205. The van der Waals surface area contributed by atoms with Crippen LogP contribution in [0.1, 0.15) is 30.3 Å². The van der Waals surface area contributed by atoms with Crippen molar-refractivity contribution in [3.63, 3.8) is 0 Å². The molecule has 1 saturated carbocycles. The molecule has 0 unspecified atom stereocenters. The van der Waals surface area contributed by atoms with Crippen molar-refractivity contribution in [3.8, 4) is 5.88 Å². The fraction of sp³-hybridized carbons (Fsp3) is 0.556. The molecular formula is C9H12FN3O. The van der Waals surface area contributed by atoms with Crippen molar-refractivity contribution in [2.45, 2.75) is 25.3 Å². The van der Waals surface area contributed by atoms with E-state index in [0.29, 0.717) is 11.5 Å². The molecule has 1 heterocycles. The van der Waals surface area contributed by atoms with E-state index in [1.807, 2.05) is 0 Å². The molecule has 1 aliphatic carbocycles. The molecule has 0 saturated heterocycles. The minimum absolute atomic E-state index is 0.00218. The van der Waals surface area contributed by atoms with E-state index in [0.717, 1.165) is 12.8 Å². The van der Waals surface area contributed by atoms with Crippen LogP contribution < -0.4 is 10.5 Å². The first-order valence-electron chi connectivity index (χ1n) is 4.56. The summed E-state index contributed by atoms with van der Waals surface area (Å²) in [6.07, 6.45) is 1.97. The first-order chi connectivity index (χ1) is 6.76. The van der Waals surface area contributed by atoms with Gasteiger partial charge in [-0.1, -0.05) is 0 Å². The van der Waals surface area contributed by atoms with Crippen LogP contribution in [0.15, 0.2) is 0 Å². The van der Waals surface area contributed by atoms with E-state index in [9.17, 15) is 4.39 Å². The third kappa shape index (κ3) is 1.55. The predicted octanol–water partition coefficient (Wildman–Crippen LogP) is 0.960. The molecule has 0 aliphatic heterocycles. The number of nitrogens with zero attached hydrogens (tertiary/aromatic N) is 2. The lowest BCUT2D eigenvalue weighted by Gasteiger charge is -2.06. The Morgan fingerprint density at radius 1 is 1.50 bits per heavy atom. The summed E-state index contributed by atoms with van der Waals surface area (Å²) in [5.41, 5.74) is 5.87. The standard InChI is InChI=1S/C9H12FN3O/c1-14-9-7(10)8(5-2-3-5)12-6(4-11)13-9/h5H,2-4,11H2,1H3. The molecule has 1 fully saturated rings. The van der Waals surface area contributed by atoms with Gasteiger partial charge >= 0.3 is 0 Å². The number of ether oxygens (including phenoxy) is 1. The third-order valence-electron chi connectivity index (χ3n) is 2.23. The van der Waals surface area contributed by atoms with Crippen LogP contribution in [-0.4, -0.2) is 17.1 Å². The highest BCUT2D eigenvalue weighted by Gasteiger charge is 2.30. The van der Waals surface area contributed by atoms with Gasteiger partial charge in [-0.2, -0.15) is 9.37 Å². The topological polar surface area (TPSA) is 61.0 Å². The quantitative estimate of drug-likeness (QED) is 0.784. The normalized spacial score (nSPS) is 15.6. The zero-order chi connectivity index (χ0) is 10.1. The number of nitrogens with two attached hydrogens (primary N) is 1. The van der Waals surface area contributed by atoms with Gasteiger partial charge in [-0.25, -0.2) is 4.98 Å². The van der Waals surface area contributed by atoms with E-state index < -0.39 is 5.82 Å². The van der Waals surface area contributed by atoms with Gasteiger partial charge in [-0.15, -0.1) is 0 Å². The summed E-state index contributed by atoms with van der Waals surface area (Å²) in [4.78, 5) is 7.92. The molecule has 0 amide bonds. The lowest BCUT2D eigenvalue weighted by Crippen LogP contribution is -2.09. The van der Waals surface area contributed by atoms with Gasteiger partial charge in [0.25, 0.3) is 5.88 Å². The molecule has 0 atom stereocenters. The van der Waals surface area contributed by atoms with Gasteiger partial charge in [0.2, 0.25) is 5.82 Å². The highest BCUT2D eigenvalue weighted by molar-refractivity contribution is 5.25. The third-order valence-corrected chi connectivity index (χ3v) is 2.23. The minimum atomic E-state index is -0.438. The monoisotopic (exact) mass is 197 g/mol. The lowest BCUT2D eigenvalue weighted by molar-refractivity contribution is 0.361. The number of methoxy groups -OCH3 is 1. The molecule has 1 aromatic rings. The second kappa shape index (κ2) is 3.49. The van der Waals surface area contributed by atoms with Crippen molar-refractivity contribution < 1.29 is 9.13 Å². The van der Waals surface area contributed by atoms with E-state index in [1.165, 1.54) is 7.11 Å². The van der Waals surface area contributed by atoms with Gasteiger partial charge in [0.15, 0.2) is 0 Å². The second-order valence-electron chi connectivity index (χ2n) is 3.33. The molecule has 1 aromatic heterocycles. The average Bonchev–Trinajstić information content (AvgIpc) is 3.02. The van der Waals surface area contributed by atoms with Crippen LogP contribution in [0.4, 0.5) is 4.39 Å². The molecule has 0 spiro atoms. The summed E-state index contributed by atoms with van der Waals surface area (Å²) in [5.74, 6) is 0.233. The number of rotatable bonds is 3. The number of halogens is 1. The summed E-state index contributed by atoms with van der Waals surface area (Å²) in [5, 5.41) is 0. The molecule has 76 valence electrons. The number of hydrogen-bond acceptors (Lipinski definition) is 4. The van der Waals surface area contributed by atoms with Crippen molar-refractivity contribution in [3.05, 3.63) is 17.3 Å². The summed E-state index contributed by atoms with van der Waals surface area (Å²) in [7, 11) is 1.39. The first kappa shape index (κ1) is 9.33. The Bertz CT molecular complexity index is 352. The first-order valence-corrected chi connectivity index (χ1v) is 4.56. The Labute approximate surface area is 81.3 Å².